The molecule has 0 bridgehead atoms. The number of nitrogens with zero attached hydrogens (tertiary/aromatic N) is 6. The fourth-order valence-electron chi connectivity index (χ4n) is 3.87. The summed E-state index contributed by atoms with van der Waals surface area (Å²) in [6.45, 7) is 4.91. The van der Waals surface area contributed by atoms with Crippen LogP contribution in [-0.4, -0.2) is 48.6 Å². The summed E-state index contributed by atoms with van der Waals surface area (Å²) in [6.07, 6.45) is 3.91. The Labute approximate surface area is 174 Å². The molecule has 4 heterocycles. The van der Waals surface area contributed by atoms with Crippen molar-refractivity contribution in [1.82, 2.24) is 29.5 Å². The lowest BCUT2D eigenvalue weighted by Crippen LogP contribution is -2.34. The van der Waals surface area contributed by atoms with Crippen molar-refractivity contribution in [2.45, 2.75) is 32.4 Å². The molecule has 0 aliphatic carbocycles. The minimum absolute atomic E-state index is 0.232. The van der Waals surface area contributed by atoms with Crippen molar-refractivity contribution >= 4 is 17.7 Å². The van der Waals surface area contributed by atoms with E-state index >= 15 is 0 Å². The number of hydrogen-bond acceptors (Lipinski definition) is 8. The molecule has 9 nitrogen and oxygen atoms in total. The monoisotopic (exact) mass is 404 g/mol. The van der Waals surface area contributed by atoms with Crippen molar-refractivity contribution in [3.8, 4) is 11.6 Å². The van der Waals surface area contributed by atoms with E-state index in [2.05, 4.69) is 61.5 Å². The van der Waals surface area contributed by atoms with Gasteiger partial charge in [-0.25, -0.2) is 0 Å². The molecule has 0 radical (unpaired) electrons. The zero-order valence-electron chi connectivity index (χ0n) is 16.8. The van der Waals surface area contributed by atoms with E-state index in [4.69, 9.17) is 10.2 Å². The molecule has 1 aliphatic rings. The third-order valence-corrected chi connectivity index (χ3v) is 5.48. The number of furan rings is 1. The van der Waals surface area contributed by atoms with E-state index in [0.29, 0.717) is 29.4 Å². The molecule has 0 amide bonds. The highest BCUT2D eigenvalue weighted by Crippen LogP contribution is 2.21. The van der Waals surface area contributed by atoms with Crippen molar-refractivity contribution < 1.29 is 4.42 Å². The van der Waals surface area contributed by atoms with Gasteiger partial charge < -0.3 is 15.5 Å². The van der Waals surface area contributed by atoms with Crippen LogP contribution in [0.3, 0.4) is 0 Å². The molecule has 1 atom stereocenters. The lowest BCUT2D eigenvalue weighted by molar-refractivity contribution is 0.254. The number of nitrogens with two attached hydrogens (primary N) is 1. The Kier molecular flexibility index (Phi) is 4.80. The van der Waals surface area contributed by atoms with Crippen molar-refractivity contribution in [3.05, 3.63) is 53.8 Å². The summed E-state index contributed by atoms with van der Waals surface area (Å²) in [4.78, 5) is 15.7. The van der Waals surface area contributed by atoms with Gasteiger partial charge >= 0.3 is 0 Å². The number of nitrogen functional groups attached to an aromatic ring is 1. The van der Waals surface area contributed by atoms with Crippen LogP contribution in [0, 0.1) is 6.92 Å². The Balaban J connectivity index is 1.28. The first-order valence-corrected chi connectivity index (χ1v) is 10.1. The van der Waals surface area contributed by atoms with Gasteiger partial charge in [0.2, 0.25) is 17.7 Å². The molecular weight excluding hydrogens is 380 g/mol. The van der Waals surface area contributed by atoms with Crippen LogP contribution in [-0.2, 0) is 6.54 Å². The first kappa shape index (κ1) is 18.6. The quantitative estimate of drug-likeness (QED) is 0.505. The zero-order chi connectivity index (χ0) is 20.5. The second kappa shape index (κ2) is 7.75. The second-order valence-corrected chi connectivity index (χ2v) is 7.66. The number of likely N-dealkylation sites (tertiary alicyclic amines) is 1. The van der Waals surface area contributed by atoms with Gasteiger partial charge in [0.05, 0.1) is 6.26 Å². The minimum atomic E-state index is 0.232. The van der Waals surface area contributed by atoms with Gasteiger partial charge in [-0.15, -0.1) is 5.10 Å². The van der Waals surface area contributed by atoms with E-state index in [-0.39, 0.29) is 5.95 Å². The molecule has 1 unspecified atom stereocenters. The summed E-state index contributed by atoms with van der Waals surface area (Å²) in [7, 11) is 0. The van der Waals surface area contributed by atoms with Gasteiger partial charge in [-0.05, 0) is 44.0 Å². The lowest BCUT2D eigenvalue weighted by atomic mass is 10.1. The first-order valence-electron chi connectivity index (χ1n) is 10.1. The highest BCUT2D eigenvalue weighted by molar-refractivity contribution is 5.52. The Hall–Kier alpha value is -3.46. The van der Waals surface area contributed by atoms with Gasteiger partial charge in [0.25, 0.3) is 5.78 Å². The average Bonchev–Trinajstić information content (AvgIpc) is 3.49. The van der Waals surface area contributed by atoms with E-state index in [1.807, 2.05) is 0 Å². The molecule has 30 heavy (non-hydrogen) atoms. The third-order valence-electron chi connectivity index (χ3n) is 5.48. The standard InChI is InChI=1S/C21H24N8O/c1-14-6-8-15(9-7-14)13-28-10-2-4-16(28)12-23-20-25-19(22)29-21(26-20)24-18(27-29)17-5-3-11-30-17/h3,5-9,11,16H,2,4,10,12-13H2,1H3,(H3,22,23,24,25,26,27). The second-order valence-electron chi connectivity index (χ2n) is 7.66. The van der Waals surface area contributed by atoms with Crippen LogP contribution >= 0.6 is 0 Å². The molecule has 3 N–H and O–H groups in total. The molecule has 1 aromatic carbocycles. The zero-order valence-corrected chi connectivity index (χ0v) is 16.8. The number of benzene rings is 1. The van der Waals surface area contributed by atoms with E-state index in [9.17, 15) is 0 Å². The largest absolute Gasteiger partial charge is 0.461 e. The summed E-state index contributed by atoms with van der Waals surface area (Å²) in [5.41, 5.74) is 8.70. The molecule has 4 aromatic rings. The highest BCUT2D eigenvalue weighted by Gasteiger charge is 2.24. The Morgan fingerprint density at radius 3 is 2.83 bits per heavy atom. The van der Waals surface area contributed by atoms with Crippen LogP contribution in [0.5, 0.6) is 0 Å². The van der Waals surface area contributed by atoms with Crippen molar-refractivity contribution in [1.29, 1.82) is 0 Å². The number of aromatic nitrogens is 5. The number of hydrogen-bond donors (Lipinski definition) is 2. The number of nitrogens with one attached hydrogen (secondary N) is 1. The number of fused-ring (bicyclic) bond motifs is 1. The SMILES string of the molecule is Cc1ccc(CN2CCCC2CNc2nc(N)n3nc(-c4ccco4)nc3n2)cc1. The molecule has 1 aliphatic heterocycles. The maximum Gasteiger partial charge on any atom is 0.259 e. The van der Waals surface area contributed by atoms with Crippen LogP contribution in [0.25, 0.3) is 17.4 Å². The summed E-state index contributed by atoms with van der Waals surface area (Å²) in [5.74, 6) is 2.07. The molecule has 5 rings (SSSR count). The van der Waals surface area contributed by atoms with Crippen LogP contribution < -0.4 is 11.1 Å². The predicted molar refractivity (Wildman–Crippen MR) is 114 cm³/mol. The Morgan fingerprint density at radius 1 is 1.17 bits per heavy atom. The smallest absolute Gasteiger partial charge is 0.259 e. The molecule has 0 saturated carbocycles. The molecule has 1 fully saturated rings. The predicted octanol–water partition coefficient (Wildman–Crippen LogP) is 2.75. The molecule has 1 saturated heterocycles. The maximum absolute atomic E-state index is 6.08. The van der Waals surface area contributed by atoms with Gasteiger partial charge in [0, 0.05) is 19.1 Å². The van der Waals surface area contributed by atoms with Crippen molar-refractivity contribution in [2.24, 2.45) is 0 Å². The average molecular weight is 404 g/mol. The molecule has 3 aromatic heterocycles. The normalized spacial score (nSPS) is 17.0. The first-order chi connectivity index (χ1) is 14.7. The highest BCUT2D eigenvalue weighted by atomic mass is 16.3. The van der Waals surface area contributed by atoms with Crippen molar-refractivity contribution in [3.63, 3.8) is 0 Å². The van der Waals surface area contributed by atoms with Crippen LogP contribution in [0.15, 0.2) is 47.1 Å². The summed E-state index contributed by atoms with van der Waals surface area (Å²) in [5, 5.41) is 7.66. The van der Waals surface area contributed by atoms with Gasteiger partial charge in [0.15, 0.2) is 5.76 Å². The minimum Gasteiger partial charge on any atom is -0.461 e. The Morgan fingerprint density at radius 2 is 2.03 bits per heavy atom. The lowest BCUT2D eigenvalue weighted by Gasteiger charge is -2.24. The fourth-order valence-corrected chi connectivity index (χ4v) is 3.87. The summed E-state index contributed by atoms with van der Waals surface area (Å²) in [6, 6.07) is 12.7. The van der Waals surface area contributed by atoms with E-state index < -0.39 is 0 Å². The maximum atomic E-state index is 6.08. The summed E-state index contributed by atoms with van der Waals surface area (Å²) >= 11 is 0. The van der Waals surface area contributed by atoms with E-state index in [1.165, 1.54) is 22.1 Å². The van der Waals surface area contributed by atoms with Crippen molar-refractivity contribution in [2.75, 3.05) is 24.1 Å². The van der Waals surface area contributed by atoms with Gasteiger partial charge in [-0.3, -0.25) is 4.90 Å². The third kappa shape index (κ3) is 3.71. The number of aryl methyl sites for hydroxylation is 1. The number of rotatable bonds is 6. The van der Waals surface area contributed by atoms with Crippen LogP contribution in [0.2, 0.25) is 0 Å². The van der Waals surface area contributed by atoms with Crippen LogP contribution in [0.4, 0.5) is 11.9 Å². The Bertz CT molecular complexity index is 1140. The number of anilines is 2. The fraction of sp³-hybridized carbons (Fsp3) is 0.333. The van der Waals surface area contributed by atoms with Gasteiger partial charge in [-0.1, -0.05) is 29.8 Å². The molecular formula is C21H24N8O. The summed E-state index contributed by atoms with van der Waals surface area (Å²) < 4.78 is 6.77. The van der Waals surface area contributed by atoms with E-state index in [1.54, 1.807) is 18.4 Å². The topological polar surface area (TPSA) is 110 Å². The van der Waals surface area contributed by atoms with Gasteiger partial charge in [-0.2, -0.15) is 19.5 Å². The van der Waals surface area contributed by atoms with Gasteiger partial charge in [0.1, 0.15) is 0 Å². The molecule has 0 spiro atoms. The van der Waals surface area contributed by atoms with E-state index in [0.717, 1.165) is 26.1 Å². The van der Waals surface area contributed by atoms with Crippen LogP contribution in [0.1, 0.15) is 24.0 Å². The molecule has 9 heteroatoms. The molecule has 154 valence electrons.